The van der Waals surface area contributed by atoms with Crippen molar-refractivity contribution in [1.82, 2.24) is 10.2 Å². The monoisotopic (exact) mass is 318 g/mol. The molecule has 1 aliphatic heterocycles. The van der Waals surface area contributed by atoms with Gasteiger partial charge in [0.1, 0.15) is 0 Å². The van der Waals surface area contributed by atoms with Crippen LogP contribution in [0.15, 0.2) is 0 Å². The Labute approximate surface area is 129 Å². The lowest BCUT2D eigenvalue weighted by atomic mass is 9.86. The number of carbonyl (C=O) groups excluding carboxylic acids is 2. The van der Waals surface area contributed by atoms with Gasteiger partial charge in [-0.15, -0.1) is 0 Å². The van der Waals surface area contributed by atoms with Gasteiger partial charge >= 0.3 is 0 Å². The van der Waals surface area contributed by atoms with E-state index in [0.717, 1.165) is 0 Å². The van der Waals surface area contributed by atoms with Gasteiger partial charge in [-0.05, 0) is 31.6 Å². The van der Waals surface area contributed by atoms with Gasteiger partial charge in [0.15, 0.2) is 5.60 Å². The van der Waals surface area contributed by atoms with Gasteiger partial charge in [0, 0.05) is 32.9 Å². The number of amides is 2. The third kappa shape index (κ3) is 4.15. The molecule has 2 N–H and O–H groups in total. The molecule has 0 aromatic carbocycles. The van der Waals surface area contributed by atoms with Gasteiger partial charge in [0.05, 0.1) is 6.54 Å². The zero-order valence-electron chi connectivity index (χ0n) is 12.9. The van der Waals surface area contributed by atoms with Crippen molar-refractivity contribution in [2.45, 2.75) is 57.0 Å². The molecule has 1 saturated heterocycles. The third-order valence-electron chi connectivity index (χ3n) is 4.73. The van der Waals surface area contributed by atoms with E-state index in [1.807, 2.05) is 0 Å². The quantitative estimate of drug-likeness (QED) is 0.824. The van der Waals surface area contributed by atoms with Crippen LogP contribution >= 0.6 is 0 Å². The lowest BCUT2D eigenvalue weighted by Gasteiger charge is -2.38. The van der Waals surface area contributed by atoms with Gasteiger partial charge in [-0.2, -0.15) is 0 Å². The predicted octanol–water partition coefficient (Wildman–Crippen LogP) is 1.30. The van der Waals surface area contributed by atoms with Crippen molar-refractivity contribution in [2.24, 2.45) is 5.92 Å². The highest BCUT2D eigenvalue weighted by molar-refractivity contribution is 5.86. The first-order valence-electron chi connectivity index (χ1n) is 7.86. The van der Waals surface area contributed by atoms with Crippen LogP contribution in [-0.4, -0.2) is 53.0 Å². The second-order valence-corrected chi connectivity index (χ2v) is 6.59. The fourth-order valence-electron chi connectivity index (χ4n) is 3.20. The molecular weight excluding hydrogens is 294 g/mol. The van der Waals surface area contributed by atoms with Crippen LogP contribution in [-0.2, 0) is 9.59 Å². The Kier molecular flexibility index (Phi) is 5.04. The second-order valence-electron chi connectivity index (χ2n) is 6.59. The molecule has 1 aliphatic carbocycles. The van der Waals surface area contributed by atoms with E-state index in [0.29, 0.717) is 38.8 Å². The zero-order chi connectivity index (χ0) is 16.4. The number of hydrogen-bond acceptors (Lipinski definition) is 3. The lowest BCUT2D eigenvalue weighted by molar-refractivity contribution is -0.150. The third-order valence-corrected chi connectivity index (χ3v) is 4.73. The number of piperidine rings is 1. The van der Waals surface area contributed by atoms with Crippen LogP contribution in [0.5, 0.6) is 0 Å². The molecule has 1 heterocycles. The fraction of sp³-hybridized carbons (Fsp3) is 0.867. The summed E-state index contributed by atoms with van der Waals surface area (Å²) in [5.41, 5.74) is -1.57. The summed E-state index contributed by atoms with van der Waals surface area (Å²) >= 11 is 0. The minimum absolute atomic E-state index is 0.00307. The van der Waals surface area contributed by atoms with E-state index in [-0.39, 0.29) is 31.2 Å². The Balaban J connectivity index is 1.82. The van der Waals surface area contributed by atoms with Crippen LogP contribution < -0.4 is 5.32 Å². The fourth-order valence-corrected chi connectivity index (χ4v) is 3.20. The number of β-amino-alcohol motifs (C(OH)–C–C–N with tert-alkyl or cyclic N) is 1. The van der Waals surface area contributed by atoms with Crippen molar-refractivity contribution in [3.63, 3.8) is 0 Å². The van der Waals surface area contributed by atoms with E-state index in [4.69, 9.17) is 0 Å². The molecule has 2 fully saturated rings. The average Bonchev–Trinajstić information content (AvgIpc) is 2.45. The highest BCUT2D eigenvalue weighted by Gasteiger charge is 2.41. The molecule has 2 rings (SSSR count). The first-order chi connectivity index (χ1) is 10.2. The van der Waals surface area contributed by atoms with E-state index in [1.165, 1.54) is 11.8 Å². The number of alkyl halides is 2. The smallest absolute Gasteiger partial charge is 0.253 e. The van der Waals surface area contributed by atoms with Gasteiger partial charge < -0.3 is 15.3 Å². The SMILES string of the molecule is CC(=O)N1CCCC(O)(C(=O)NCC2CCC(F)(F)CC2)C1. The molecule has 22 heavy (non-hydrogen) atoms. The molecule has 0 aromatic heterocycles. The van der Waals surface area contributed by atoms with E-state index < -0.39 is 17.4 Å². The normalized spacial score (nSPS) is 29.2. The van der Waals surface area contributed by atoms with E-state index in [2.05, 4.69) is 5.32 Å². The van der Waals surface area contributed by atoms with Crippen molar-refractivity contribution < 1.29 is 23.5 Å². The highest BCUT2D eigenvalue weighted by atomic mass is 19.3. The van der Waals surface area contributed by atoms with Crippen LogP contribution in [0.2, 0.25) is 0 Å². The Morgan fingerprint density at radius 2 is 1.91 bits per heavy atom. The predicted molar refractivity (Wildman–Crippen MR) is 76.4 cm³/mol. The van der Waals surface area contributed by atoms with Crippen molar-refractivity contribution in [1.29, 1.82) is 0 Å². The Morgan fingerprint density at radius 1 is 1.27 bits per heavy atom. The maximum atomic E-state index is 13.1. The first kappa shape index (κ1) is 17.1. The summed E-state index contributed by atoms with van der Waals surface area (Å²) in [5, 5.41) is 13.1. The summed E-state index contributed by atoms with van der Waals surface area (Å²) in [6.45, 7) is 2.25. The Hall–Kier alpha value is -1.24. The number of hydrogen-bond donors (Lipinski definition) is 2. The van der Waals surface area contributed by atoms with E-state index >= 15 is 0 Å². The van der Waals surface area contributed by atoms with Crippen molar-refractivity contribution in [3.8, 4) is 0 Å². The standard InChI is InChI=1S/C15H24F2N2O3/c1-11(20)19-8-2-5-14(22,10-19)13(21)18-9-12-3-6-15(16,17)7-4-12/h12,22H,2-10H2,1H3,(H,18,21). The zero-order valence-corrected chi connectivity index (χ0v) is 12.9. The largest absolute Gasteiger partial charge is 0.378 e. The van der Waals surface area contributed by atoms with Crippen LogP contribution in [0.25, 0.3) is 0 Å². The summed E-state index contributed by atoms with van der Waals surface area (Å²) in [7, 11) is 0. The van der Waals surface area contributed by atoms with Gasteiger partial charge in [-0.1, -0.05) is 0 Å². The average molecular weight is 318 g/mol. The van der Waals surface area contributed by atoms with Crippen molar-refractivity contribution in [2.75, 3.05) is 19.6 Å². The highest BCUT2D eigenvalue weighted by Crippen LogP contribution is 2.35. The van der Waals surface area contributed by atoms with Crippen LogP contribution in [0.4, 0.5) is 8.78 Å². The summed E-state index contributed by atoms with van der Waals surface area (Å²) in [6.07, 6.45) is 1.35. The van der Waals surface area contributed by atoms with Crippen LogP contribution in [0.1, 0.15) is 45.4 Å². The van der Waals surface area contributed by atoms with Crippen LogP contribution in [0.3, 0.4) is 0 Å². The molecule has 2 aliphatic rings. The maximum absolute atomic E-state index is 13.1. The number of nitrogens with zero attached hydrogens (tertiary/aromatic N) is 1. The topological polar surface area (TPSA) is 69.6 Å². The molecule has 1 atom stereocenters. The molecule has 7 heteroatoms. The molecule has 1 saturated carbocycles. The maximum Gasteiger partial charge on any atom is 0.253 e. The molecule has 126 valence electrons. The van der Waals surface area contributed by atoms with Gasteiger partial charge in [0.25, 0.3) is 5.91 Å². The van der Waals surface area contributed by atoms with Crippen LogP contribution in [0, 0.1) is 5.92 Å². The number of nitrogens with one attached hydrogen (secondary N) is 1. The summed E-state index contributed by atoms with van der Waals surface area (Å²) in [5.74, 6) is -3.22. The van der Waals surface area contributed by atoms with Crippen molar-refractivity contribution in [3.05, 3.63) is 0 Å². The van der Waals surface area contributed by atoms with Crippen molar-refractivity contribution >= 4 is 11.8 Å². The lowest BCUT2D eigenvalue weighted by Crippen LogP contribution is -2.58. The first-order valence-corrected chi connectivity index (χ1v) is 7.86. The second kappa shape index (κ2) is 6.48. The summed E-state index contributed by atoms with van der Waals surface area (Å²) in [6, 6.07) is 0. The number of likely N-dealkylation sites (tertiary alicyclic amines) is 1. The Bertz CT molecular complexity index is 435. The molecule has 0 radical (unpaired) electrons. The Morgan fingerprint density at radius 3 is 2.50 bits per heavy atom. The number of carbonyl (C=O) groups is 2. The van der Waals surface area contributed by atoms with Gasteiger partial charge in [-0.3, -0.25) is 9.59 Å². The molecule has 0 aromatic rings. The molecule has 1 unspecified atom stereocenters. The molecule has 5 nitrogen and oxygen atoms in total. The van der Waals surface area contributed by atoms with Gasteiger partial charge in [-0.25, -0.2) is 8.78 Å². The summed E-state index contributed by atoms with van der Waals surface area (Å²) in [4.78, 5) is 25.1. The van der Waals surface area contributed by atoms with E-state index in [9.17, 15) is 23.5 Å². The number of aliphatic hydroxyl groups is 1. The van der Waals surface area contributed by atoms with Gasteiger partial charge in [0.2, 0.25) is 11.8 Å². The molecule has 2 amide bonds. The number of rotatable bonds is 3. The minimum Gasteiger partial charge on any atom is -0.378 e. The molecular formula is C15H24F2N2O3. The van der Waals surface area contributed by atoms with E-state index in [1.54, 1.807) is 0 Å². The molecule has 0 spiro atoms. The summed E-state index contributed by atoms with van der Waals surface area (Å²) < 4.78 is 26.2. The number of halogens is 2. The minimum atomic E-state index is -2.58. The molecule has 0 bridgehead atoms.